The number of para-hydroxylation sites is 3. The lowest BCUT2D eigenvalue weighted by Crippen LogP contribution is -1.98. The van der Waals surface area contributed by atoms with Crippen molar-refractivity contribution in [1.29, 1.82) is 0 Å². The molecule has 7 heterocycles. The lowest BCUT2D eigenvalue weighted by Gasteiger charge is -2.14. The van der Waals surface area contributed by atoms with Crippen LogP contribution in [-0.4, -0.2) is 23.7 Å². The monoisotopic (exact) mass is 1170 g/mol. The zero-order valence-corrected chi connectivity index (χ0v) is 49.4. The van der Waals surface area contributed by atoms with Crippen LogP contribution >= 0.6 is 34.0 Å². The van der Waals surface area contributed by atoms with Crippen molar-refractivity contribution in [3.63, 3.8) is 0 Å². The summed E-state index contributed by atoms with van der Waals surface area (Å²) in [5.74, 6) is 0.679. The van der Waals surface area contributed by atoms with Gasteiger partial charge in [-0.05, 0) is 145 Å². The lowest BCUT2D eigenvalue weighted by atomic mass is 9.99. The Bertz CT molecular complexity index is 6350. The minimum atomic E-state index is 0.679. The SMILES string of the molecule is c1ccc2c(c1)sc1cc3c(cc12)c1ccccc1n3-c1ccc(-c2ccc3nc(-c4ccc(-n5c6ccccc6c6cc7c(cc65)sc5ccccc57)cc4)nc(-c4ccc(-n5c6ccccc6c6cc7c(cc65)sc5ccccc57)cc4)c3c2)cc1. The first kappa shape index (κ1) is 48.5. The molecule has 5 nitrogen and oxygen atoms in total. The summed E-state index contributed by atoms with van der Waals surface area (Å²) >= 11 is 5.59. The molecule has 408 valence electrons. The number of rotatable bonds is 6. The number of aromatic nitrogens is 5. The summed E-state index contributed by atoms with van der Waals surface area (Å²) in [7, 11) is 0. The Labute approximate surface area is 514 Å². The second kappa shape index (κ2) is 18.4. The van der Waals surface area contributed by atoms with Crippen LogP contribution in [0.2, 0.25) is 0 Å². The van der Waals surface area contributed by atoms with Crippen molar-refractivity contribution in [1.82, 2.24) is 23.7 Å². The molecule has 0 fully saturated rings. The highest BCUT2D eigenvalue weighted by atomic mass is 32.1. The molecule has 7 aromatic heterocycles. The van der Waals surface area contributed by atoms with Crippen molar-refractivity contribution in [3.05, 3.63) is 273 Å². The fourth-order valence-corrected chi connectivity index (χ4v) is 17.7. The van der Waals surface area contributed by atoms with Gasteiger partial charge in [-0.3, -0.25) is 0 Å². The predicted molar refractivity (Wildman–Crippen MR) is 378 cm³/mol. The van der Waals surface area contributed by atoms with Gasteiger partial charge in [0.15, 0.2) is 5.82 Å². The van der Waals surface area contributed by atoms with E-state index in [4.69, 9.17) is 9.97 Å². The first-order valence-corrected chi connectivity index (χ1v) is 32.2. The van der Waals surface area contributed by atoms with Gasteiger partial charge in [-0.25, -0.2) is 9.97 Å². The molecule has 8 heteroatoms. The van der Waals surface area contributed by atoms with Gasteiger partial charge in [0.1, 0.15) is 0 Å². The Morgan fingerprint density at radius 1 is 0.216 bits per heavy atom. The van der Waals surface area contributed by atoms with E-state index in [9.17, 15) is 0 Å². The predicted octanol–water partition coefficient (Wildman–Crippen LogP) is 23.0. The Kier molecular flexibility index (Phi) is 10.1. The molecule has 0 spiro atoms. The molecule has 0 saturated carbocycles. The van der Waals surface area contributed by atoms with Gasteiger partial charge in [-0.1, -0.05) is 140 Å². The summed E-state index contributed by atoms with van der Waals surface area (Å²) in [6.07, 6.45) is 0. The smallest absolute Gasteiger partial charge is 0.160 e. The molecule has 13 aromatic carbocycles. The van der Waals surface area contributed by atoms with Gasteiger partial charge in [-0.2, -0.15) is 0 Å². The van der Waals surface area contributed by atoms with E-state index >= 15 is 0 Å². The average Bonchev–Trinajstić information content (AvgIpc) is 1.72. The number of benzene rings is 13. The van der Waals surface area contributed by atoms with Crippen LogP contribution in [0.4, 0.5) is 0 Å². The van der Waals surface area contributed by atoms with Crippen molar-refractivity contribution in [2.24, 2.45) is 0 Å². The minimum Gasteiger partial charge on any atom is -0.309 e. The van der Waals surface area contributed by atoms with Crippen molar-refractivity contribution in [2.75, 3.05) is 0 Å². The maximum atomic E-state index is 5.59. The van der Waals surface area contributed by atoms with Crippen molar-refractivity contribution < 1.29 is 0 Å². The van der Waals surface area contributed by atoms with E-state index in [0.29, 0.717) is 5.82 Å². The zero-order chi connectivity index (χ0) is 57.3. The van der Waals surface area contributed by atoms with E-state index in [0.717, 1.165) is 55.9 Å². The molecule has 0 N–H and O–H groups in total. The Hall–Kier alpha value is -10.7. The molecule has 20 aromatic rings. The van der Waals surface area contributed by atoms with Crippen LogP contribution in [0.1, 0.15) is 0 Å². The highest BCUT2D eigenvalue weighted by Gasteiger charge is 2.21. The van der Waals surface area contributed by atoms with E-state index in [1.54, 1.807) is 0 Å². The summed E-state index contributed by atoms with van der Waals surface area (Å²) in [5, 5.41) is 16.4. The largest absolute Gasteiger partial charge is 0.309 e. The van der Waals surface area contributed by atoms with Crippen molar-refractivity contribution in [3.8, 4) is 50.8 Å². The first-order chi connectivity index (χ1) is 43.6. The molecule has 0 saturated heterocycles. The summed E-state index contributed by atoms with van der Waals surface area (Å²) < 4.78 is 15.1. The summed E-state index contributed by atoms with van der Waals surface area (Å²) in [4.78, 5) is 11.0. The van der Waals surface area contributed by atoms with Crippen LogP contribution in [0.25, 0.3) is 188 Å². The Balaban J connectivity index is 0.724. The van der Waals surface area contributed by atoms with Crippen molar-refractivity contribution in [2.45, 2.75) is 0 Å². The van der Waals surface area contributed by atoms with Gasteiger partial charge in [0.2, 0.25) is 0 Å². The number of fused-ring (bicyclic) bond motifs is 19. The minimum absolute atomic E-state index is 0.679. The molecule has 0 atom stereocenters. The quantitative estimate of drug-likeness (QED) is 0.166. The Morgan fingerprint density at radius 2 is 0.568 bits per heavy atom. The van der Waals surface area contributed by atoms with Gasteiger partial charge in [0.05, 0.1) is 44.3 Å². The number of hydrogen-bond donors (Lipinski definition) is 0. The molecule has 20 rings (SSSR count). The molecule has 88 heavy (non-hydrogen) atoms. The van der Waals surface area contributed by atoms with Gasteiger partial charge >= 0.3 is 0 Å². The third-order valence-corrected chi connectivity index (χ3v) is 21.9. The molecule has 0 bridgehead atoms. The van der Waals surface area contributed by atoms with Crippen LogP contribution in [0.5, 0.6) is 0 Å². The second-order valence-electron chi connectivity index (χ2n) is 23.2. The Morgan fingerprint density at radius 3 is 0.989 bits per heavy atom. The van der Waals surface area contributed by atoms with E-state index < -0.39 is 0 Å². The molecule has 0 unspecified atom stereocenters. The van der Waals surface area contributed by atoms with E-state index in [1.165, 1.54) is 126 Å². The van der Waals surface area contributed by atoms with Gasteiger partial charge in [0, 0.05) is 126 Å². The van der Waals surface area contributed by atoms with E-state index in [2.05, 4.69) is 287 Å². The maximum Gasteiger partial charge on any atom is 0.160 e. The summed E-state index contributed by atoms with van der Waals surface area (Å²) in [5.41, 5.74) is 16.4. The van der Waals surface area contributed by atoms with Crippen molar-refractivity contribution >= 4 is 171 Å². The van der Waals surface area contributed by atoms with Crippen LogP contribution in [0.3, 0.4) is 0 Å². The topological polar surface area (TPSA) is 40.6 Å². The van der Waals surface area contributed by atoms with E-state index in [1.807, 2.05) is 34.0 Å². The third-order valence-electron chi connectivity index (χ3n) is 18.5. The first-order valence-electron chi connectivity index (χ1n) is 29.8. The van der Waals surface area contributed by atoms with Gasteiger partial charge in [0.25, 0.3) is 0 Å². The highest BCUT2D eigenvalue weighted by molar-refractivity contribution is 7.26. The maximum absolute atomic E-state index is 5.59. The summed E-state index contributed by atoms with van der Waals surface area (Å²) in [6, 6.07) is 101. The molecular formula is C80H45N5S3. The zero-order valence-electron chi connectivity index (χ0n) is 46.9. The molecular weight excluding hydrogens is 1130 g/mol. The number of hydrogen-bond acceptors (Lipinski definition) is 5. The van der Waals surface area contributed by atoms with Crippen LogP contribution in [0.15, 0.2) is 273 Å². The fraction of sp³-hybridized carbons (Fsp3) is 0. The number of nitrogens with zero attached hydrogens (tertiary/aromatic N) is 5. The molecule has 0 aliphatic heterocycles. The van der Waals surface area contributed by atoms with E-state index in [-0.39, 0.29) is 0 Å². The number of thiophene rings is 3. The molecule has 0 aliphatic carbocycles. The standard InChI is InChI=1S/C80H45N5S3/c1-7-19-67-53(13-1)59-40-62-56-16-4-10-22-73(56)86-76(62)43-70(59)83(67)50-32-25-46(26-33-50)49-31-38-66-65(39-49)79(47-27-34-51(35-28-47)84-68-20-8-2-14-54(68)60-41-63-57-17-5-11-23-74(57)87-77(63)44-71(60)84)82-80(81-66)48-29-36-52(37-30-48)85-69-21-9-3-15-55(69)61-42-64-58-18-6-12-24-75(58)88-78(64)45-72(61)85/h1-45H. The summed E-state index contributed by atoms with van der Waals surface area (Å²) in [6.45, 7) is 0. The fourth-order valence-electron chi connectivity index (χ4n) is 14.4. The highest BCUT2D eigenvalue weighted by Crippen LogP contribution is 2.45. The van der Waals surface area contributed by atoms with Crippen LogP contribution in [-0.2, 0) is 0 Å². The third kappa shape index (κ3) is 7.07. The normalized spacial score (nSPS) is 12.3. The molecule has 0 radical (unpaired) electrons. The second-order valence-corrected chi connectivity index (χ2v) is 26.5. The molecule has 0 aliphatic rings. The average molecular weight is 1170 g/mol. The lowest BCUT2D eigenvalue weighted by molar-refractivity contribution is 1.17. The van der Waals surface area contributed by atoms with Crippen LogP contribution < -0.4 is 0 Å². The van der Waals surface area contributed by atoms with Crippen LogP contribution in [0, 0.1) is 0 Å². The van der Waals surface area contributed by atoms with Gasteiger partial charge < -0.3 is 13.7 Å². The molecule has 0 amide bonds. The van der Waals surface area contributed by atoms with Gasteiger partial charge in [-0.15, -0.1) is 34.0 Å².